The SMILES string of the molecule is CC[C@H](C)N(Cc1ccc(OS(=O)(=O)CC)cc1)C(=O)Nc1cccc(C)c1C. The van der Waals surface area contributed by atoms with Crippen molar-refractivity contribution in [1.82, 2.24) is 4.90 Å². The zero-order chi connectivity index (χ0) is 21.6. The molecule has 1 N–H and O–H groups in total. The summed E-state index contributed by atoms with van der Waals surface area (Å²) in [5, 5.41) is 3.02. The van der Waals surface area contributed by atoms with Gasteiger partial charge in [-0.2, -0.15) is 8.42 Å². The van der Waals surface area contributed by atoms with Crippen molar-refractivity contribution in [2.75, 3.05) is 11.1 Å². The van der Waals surface area contributed by atoms with Crippen molar-refractivity contribution >= 4 is 21.8 Å². The number of carbonyl (C=O) groups is 1. The second-order valence-electron chi connectivity index (χ2n) is 7.14. The quantitative estimate of drug-likeness (QED) is 0.621. The first-order chi connectivity index (χ1) is 13.7. The van der Waals surface area contributed by atoms with Crippen molar-refractivity contribution in [3.8, 4) is 5.75 Å². The van der Waals surface area contributed by atoms with Crippen molar-refractivity contribution in [1.29, 1.82) is 0 Å². The van der Waals surface area contributed by atoms with E-state index in [0.717, 1.165) is 28.8 Å². The van der Waals surface area contributed by atoms with E-state index in [0.29, 0.717) is 6.54 Å². The molecule has 2 aromatic rings. The molecule has 0 aromatic heterocycles. The molecule has 0 spiro atoms. The van der Waals surface area contributed by atoms with Gasteiger partial charge in [0.15, 0.2) is 0 Å². The maximum absolute atomic E-state index is 13.0. The van der Waals surface area contributed by atoms with E-state index in [4.69, 9.17) is 4.18 Å². The molecule has 0 unspecified atom stereocenters. The van der Waals surface area contributed by atoms with Gasteiger partial charge in [-0.3, -0.25) is 0 Å². The molecule has 6 nitrogen and oxygen atoms in total. The van der Waals surface area contributed by atoms with Gasteiger partial charge in [-0.1, -0.05) is 31.2 Å². The van der Waals surface area contributed by atoms with Crippen molar-refractivity contribution in [3.05, 3.63) is 59.2 Å². The number of carbonyl (C=O) groups excluding carboxylic acids is 1. The van der Waals surface area contributed by atoms with Crippen LogP contribution in [0.4, 0.5) is 10.5 Å². The smallest absolute Gasteiger partial charge is 0.322 e. The number of amides is 2. The van der Waals surface area contributed by atoms with Crippen molar-refractivity contribution in [2.45, 2.75) is 53.6 Å². The van der Waals surface area contributed by atoms with Crippen LogP contribution in [0.25, 0.3) is 0 Å². The summed E-state index contributed by atoms with van der Waals surface area (Å²) in [6.45, 7) is 9.99. The van der Waals surface area contributed by atoms with Gasteiger partial charge in [-0.15, -0.1) is 0 Å². The Morgan fingerprint density at radius 1 is 1.10 bits per heavy atom. The Bertz CT molecular complexity index is 940. The Morgan fingerprint density at radius 2 is 1.76 bits per heavy atom. The Hall–Kier alpha value is -2.54. The van der Waals surface area contributed by atoms with Crippen LogP contribution < -0.4 is 9.50 Å². The van der Waals surface area contributed by atoms with Crippen LogP contribution >= 0.6 is 0 Å². The summed E-state index contributed by atoms with van der Waals surface area (Å²) in [5.74, 6) is 0.181. The highest BCUT2D eigenvalue weighted by Crippen LogP contribution is 2.21. The topological polar surface area (TPSA) is 75.7 Å². The second-order valence-corrected chi connectivity index (χ2v) is 9.00. The highest BCUT2D eigenvalue weighted by atomic mass is 32.2. The zero-order valence-corrected chi connectivity index (χ0v) is 18.5. The highest BCUT2D eigenvalue weighted by molar-refractivity contribution is 7.87. The number of benzene rings is 2. The molecule has 0 heterocycles. The van der Waals surface area contributed by atoms with Crippen molar-refractivity contribution < 1.29 is 17.4 Å². The molecule has 2 rings (SSSR count). The standard InChI is InChI=1S/C22H30N2O4S/c1-6-17(4)24(22(25)23-21-10-8-9-16(3)18(21)5)15-19-11-13-20(14-12-19)28-29(26,27)7-2/h8-14,17H,6-7,15H2,1-5H3,(H,23,25)/t17-/m0/s1. The lowest BCUT2D eigenvalue weighted by atomic mass is 10.1. The second kappa shape index (κ2) is 9.78. The third-order valence-corrected chi connectivity index (χ3v) is 6.24. The zero-order valence-electron chi connectivity index (χ0n) is 17.7. The Labute approximate surface area is 174 Å². The lowest BCUT2D eigenvalue weighted by Gasteiger charge is -2.29. The third-order valence-electron chi connectivity index (χ3n) is 5.08. The summed E-state index contributed by atoms with van der Waals surface area (Å²) in [7, 11) is -3.56. The fourth-order valence-electron chi connectivity index (χ4n) is 2.77. The number of hydrogen-bond acceptors (Lipinski definition) is 4. The molecule has 0 radical (unpaired) electrons. The number of hydrogen-bond donors (Lipinski definition) is 1. The maximum atomic E-state index is 13.0. The van der Waals surface area contributed by atoms with Gasteiger partial charge in [0.2, 0.25) is 0 Å². The summed E-state index contributed by atoms with van der Waals surface area (Å²) in [4.78, 5) is 14.8. The fourth-order valence-corrected chi connectivity index (χ4v) is 3.30. The minimum Gasteiger partial charge on any atom is -0.382 e. The lowest BCUT2D eigenvalue weighted by Crippen LogP contribution is -2.40. The van der Waals surface area contributed by atoms with Crippen LogP contribution in [-0.4, -0.2) is 31.1 Å². The van der Waals surface area contributed by atoms with Crippen LogP contribution in [0.15, 0.2) is 42.5 Å². The summed E-state index contributed by atoms with van der Waals surface area (Å²) < 4.78 is 28.2. The van der Waals surface area contributed by atoms with Crippen LogP contribution in [0, 0.1) is 13.8 Å². The van der Waals surface area contributed by atoms with E-state index in [1.54, 1.807) is 29.2 Å². The molecule has 0 saturated heterocycles. The van der Waals surface area contributed by atoms with Gasteiger partial charge >= 0.3 is 16.1 Å². The van der Waals surface area contributed by atoms with Gasteiger partial charge in [-0.05, 0) is 69.0 Å². The van der Waals surface area contributed by atoms with Gasteiger partial charge in [0, 0.05) is 18.3 Å². The van der Waals surface area contributed by atoms with Crippen LogP contribution in [0.5, 0.6) is 5.75 Å². The van der Waals surface area contributed by atoms with Gasteiger partial charge < -0.3 is 14.4 Å². The van der Waals surface area contributed by atoms with Crippen LogP contribution in [0.1, 0.15) is 43.9 Å². The minimum atomic E-state index is -3.56. The van der Waals surface area contributed by atoms with E-state index in [2.05, 4.69) is 5.32 Å². The molecular formula is C22H30N2O4S. The molecule has 0 aliphatic rings. The molecule has 2 amide bonds. The van der Waals surface area contributed by atoms with Gasteiger partial charge in [0.1, 0.15) is 5.75 Å². The predicted molar refractivity (Wildman–Crippen MR) is 117 cm³/mol. The molecule has 29 heavy (non-hydrogen) atoms. The van der Waals surface area contributed by atoms with E-state index >= 15 is 0 Å². The number of urea groups is 1. The Balaban J connectivity index is 2.16. The predicted octanol–water partition coefficient (Wildman–Crippen LogP) is 4.86. The fraction of sp³-hybridized carbons (Fsp3) is 0.409. The van der Waals surface area contributed by atoms with E-state index in [1.165, 1.54) is 6.92 Å². The van der Waals surface area contributed by atoms with E-state index in [1.807, 2.05) is 45.9 Å². The highest BCUT2D eigenvalue weighted by Gasteiger charge is 2.20. The number of nitrogens with one attached hydrogen (secondary N) is 1. The molecule has 0 bridgehead atoms. The molecule has 7 heteroatoms. The first-order valence-corrected chi connectivity index (χ1v) is 11.4. The molecule has 1 atom stereocenters. The van der Waals surface area contributed by atoms with Crippen molar-refractivity contribution in [2.24, 2.45) is 0 Å². The molecule has 0 aliphatic carbocycles. The maximum Gasteiger partial charge on any atom is 0.322 e. The summed E-state index contributed by atoms with van der Waals surface area (Å²) in [6, 6.07) is 12.5. The Morgan fingerprint density at radius 3 is 2.34 bits per heavy atom. The summed E-state index contributed by atoms with van der Waals surface area (Å²) in [6.07, 6.45) is 0.816. The molecule has 158 valence electrons. The van der Waals surface area contributed by atoms with E-state index in [-0.39, 0.29) is 23.6 Å². The van der Waals surface area contributed by atoms with Crippen LogP contribution in [0.3, 0.4) is 0 Å². The monoisotopic (exact) mass is 418 g/mol. The number of rotatable bonds is 8. The van der Waals surface area contributed by atoms with E-state index < -0.39 is 10.1 Å². The first kappa shape index (κ1) is 22.7. The minimum absolute atomic E-state index is 0.0384. The molecule has 0 aliphatic heterocycles. The normalized spacial score (nSPS) is 12.3. The largest absolute Gasteiger partial charge is 0.382 e. The molecular weight excluding hydrogens is 388 g/mol. The van der Waals surface area contributed by atoms with Crippen LogP contribution in [0.2, 0.25) is 0 Å². The van der Waals surface area contributed by atoms with Gasteiger partial charge in [0.25, 0.3) is 0 Å². The van der Waals surface area contributed by atoms with E-state index in [9.17, 15) is 13.2 Å². The Kier molecular flexibility index (Phi) is 7.67. The lowest BCUT2D eigenvalue weighted by molar-refractivity contribution is 0.187. The van der Waals surface area contributed by atoms with Crippen LogP contribution in [-0.2, 0) is 16.7 Å². The summed E-state index contributed by atoms with van der Waals surface area (Å²) in [5.41, 5.74) is 3.86. The summed E-state index contributed by atoms with van der Waals surface area (Å²) >= 11 is 0. The molecule has 0 saturated carbocycles. The molecule has 2 aromatic carbocycles. The van der Waals surface area contributed by atoms with Gasteiger partial charge in [0.05, 0.1) is 5.75 Å². The molecule has 0 fully saturated rings. The third kappa shape index (κ3) is 6.22. The number of aryl methyl sites for hydroxylation is 1. The number of anilines is 1. The number of nitrogens with zero attached hydrogens (tertiary/aromatic N) is 1. The average molecular weight is 419 g/mol. The average Bonchev–Trinajstić information content (AvgIpc) is 2.70. The van der Waals surface area contributed by atoms with Crippen molar-refractivity contribution in [3.63, 3.8) is 0 Å². The first-order valence-electron chi connectivity index (χ1n) is 9.81. The van der Waals surface area contributed by atoms with Gasteiger partial charge in [-0.25, -0.2) is 4.79 Å².